The lowest BCUT2D eigenvalue weighted by molar-refractivity contribution is 0.0216. The first-order valence-corrected chi connectivity index (χ1v) is 6.82. The molecule has 0 bridgehead atoms. The summed E-state index contributed by atoms with van der Waals surface area (Å²) in [5.41, 5.74) is 1.35. The summed E-state index contributed by atoms with van der Waals surface area (Å²) in [5, 5.41) is 9.82. The molecular weight excluding hydrogens is 222 g/mol. The van der Waals surface area contributed by atoms with Crippen LogP contribution in [0.2, 0.25) is 0 Å². The quantitative estimate of drug-likeness (QED) is 0.824. The van der Waals surface area contributed by atoms with E-state index < -0.39 is 0 Å². The van der Waals surface area contributed by atoms with Crippen LogP contribution in [0.15, 0.2) is 43.0 Å². The van der Waals surface area contributed by atoms with Crippen molar-refractivity contribution in [3.05, 3.63) is 48.6 Å². The summed E-state index contributed by atoms with van der Waals surface area (Å²) in [6.45, 7) is 7.06. The predicted octanol–water partition coefficient (Wildman–Crippen LogP) is 3.15. The van der Waals surface area contributed by atoms with Crippen LogP contribution in [0, 0.1) is 0 Å². The first-order chi connectivity index (χ1) is 8.72. The van der Waals surface area contributed by atoms with Crippen molar-refractivity contribution in [3.63, 3.8) is 0 Å². The molecule has 1 aliphatic heterocycles. The third-order valence-corrected chi connectivity index (χ3v) is 3.95. The maximum Gasteiger partial charge on any atom is 0.0567 e. The number of hydrogen-bond acceptors (Lipinski definition) is 2. The molecule has 0 radical (unpaired) electrons. The number of aliphatic hydroxyl groups is 1. The fourth-order valence-corrected chi connectivity index (χ4v) is 2.90. The highest BCUT2D eigenvalue weighted by atomic mass is 16.3. The van der Waals surface area contributed by atoms with E-state index in [-0.39, 0.29) is 6.10 Å². The molecule has 1 aliphatic rings. The van der Waals surface area contributed by atoms with E-state index in [2.05, 4.69) is 48.7 Å². The minimum Gasteiger partial charge on any atom is -0.393 e. The van der Waals surface area contributed by atoms with Crippen molar-refractivity contribution in [2.75, 3.05) is 6.54 Å². The molecule has 3 atom stereocenters. The van der Waals surface area contributed by atoms with Crippen molar-refractivity contribution in [2.24, 2.45) is 0 Å². The summed E-state index contributed by atoms with van der Waals surface area (Å²) < 4.78 is 0. The van der Waals surface area contributed by atoms with Crippen LogP contribution in [0.1, 0.15) is 37.8 Å². The van der Waals surface area contributed by atoms with Gasteiger partial charge < -0.3 is 5.11 Å². The molecule has 1 heterocycles. The van der Waals surface area contributed by atoms with Gasteiger partial charge in [0.2, 0.25) is 0 Å². The van der Waals surface area contributed by atoms with Gasteiger partial charge in [0.05, 0.1) is 6.10 Å². The summed E-state index contributed by atoms with van der Waals surface area (Å²) in [6, 6.07) is 11.4. The maximum absolute atomic E-state index is 9.82. The molecule has 0 spiro atoms. The van der Waals surface area contributed by atoms with Crippen molar-refractivity contribution in [1.82, 2.24) is 4.90 Å². The summed E-state index contributed by atoms with van der Waals surface area (Å²) in [6.07, 6.45) is 4.52. The van der Waals surface area contributed by atoms with Gasteiger partial charge in [-0.15, -0.1) is 6.58 Å². The average molecular weight is 245 g/mol. The molecular formula is C16H23NO. The Labute approximate surface area is 110 Å². The molecule has 1 aromatic carbocycles. The molecule has 98 valence electrons. The van der Waals surface area contributed by atoms with Gasteiger partial charge in [-0.25, -0.2) is 0 Å². The maximum atomic E-state index is 9.82. The number of hydrogen-bond donors (Lipinski definition) is 1. The van der Waals surface area contributed by atoms with Gasteiger partial charge in [0.1, 0.15) is 0 Å². The summed E-state index contributed by atoms with van der Waals surface area (Å²) >= 11 is 0. The SMILES string of the molecule is C=CC[C@H]1C[C@H](O)CCN1[C@H](C)c1ccccc1. The Morgan fingerprint density at radius 1 is 1.44 bits per heavy atom. The second-order valence-electron chi connectivity index (χ2n) is 5.18. The lowest BCUT2D eigenvalue weighted by atomic mass is 9.93. The molecule has 1 aromatic rings. The van der Waals surface area contributed by atoms with E-state index in [0.717, 1.165) is 25.8 Å². The van der Waals surface area contributed by atoms with Crippen LogP contribution in [-0.4, -0.2) is 28.7 Å². The normalized spacial score (nSPS) is 26.8. The van der Waals surface area contributed by atoms with E-state index in [4.69, 9.17) is 0 Å². The highest BCUT2D eigenvalue weighted by Gasteiger charge is 2.30. The van der Waals surface area contributed by atoms with Gasteiger partial charge in [0.25, 0.3) is 0 Å². The lowest BCUT2D eigenvalue weighted by Crippen LogP contribution is -2.45. The van der Waals surface area contributed by atoms with E-state index in [0.29, 0.717) is 12.1 Å². The minimum absolute atomic E-state index is 0.144. The van der Waals surface area contributed by atoms with Crippen molar-refractivity contribution >= 4 is 0 Å². The Morgan fingerprint density at radius 3 is 2.83 bits per heavy atom. The molecule has 0 unspecified atom stereocenters. The monoisotopic (exact) mass is 245 g/mol. The molecule has 1 N–H and O–H groups in total. The van der Waals surface area contributed by atoms with Crippen molar-refractivity contribution in [1.29, 1.82) is 0 Å². The first-order valence-electron chi connectivity index (χ1n) is 6.82. The number of benzene rings is 1. The fraction of sp³-hybridized carbons (Fsp3) is 0.500. The standard InChI is InChI=1S/C16H23NO/c1-3-7-15-12-16(18)10-11-17(15)13(2)14-8-5-4-6-9-14/h3-6,8-9,13,15-16,18H,1,7,10-12H2,2H3/t13-,15+,16-/m1/s1. The summed E-state index contributed by atoms with van der Waals surface area (Å²) in [7, 11) is 0. The van der Waals surface area contributed by atoms with Crippen LogP contribution < -0.4 is 0 Å². The molecule has 1 fully saturated rings. The lowest BCUT2D eigenvalue weighted by Gasteiger charge is -2.41. The average Bonchev–Trinajstić information content (AvgIpc) is 2.40. The van der Waals surface area contributed by atoms with Crippen LogP contribution >= 0.6 is 0 Å². The summed E-state index contributed by atoms with van der Waals surface area (Å²) in [4.78, 5) is 2.50. The molecule has 18 heavy (non-hydrogen) atoms. The van der Waals surface area contributed by atoms with Crippen LogP contribution in [0.3, 0.4) is 0 Å². The third-order valence-electron chi connectivity index (χ3n) is 3.95. The number of nitrogens with zero attached hydrogens (tertiary/aromatic N) is 1. The second-order valence-corrected chi connectivity index (χ2v) is 5.18. The highest BCUT2D eigenvalue weighted by molar-refractivity contribution is 5.18. The van der Waals surface area contributed by atoms with Crippen molar-refractivity contribution in [3.8, 4) is 0 Å². The van der Waals surface area contributed by atoms with Gasteiger partial charge in [-0.2, -0.15) is 0 Å². The van der Waals surface area contributed by atoms with Crippen LogP contribution in [0.25, 0.3) is 0 Å². The van der Waals surface area contributed by atoms with Crippen molar-refractivity contribution in [2.45, 2.75) is 44.4 Å². The smallest absolute Gasteiger partial charge is 0.0567 e. The summed E-state index contributed by atoms with van der Waals surface area (Å²) in [5.74, 6) is 0. The Hall–Kier alpha value is -1.12. The van der Waals surface area contributed by atoms with E-state index in [1.54, 1.807) is 0 Å². The topological polar surface area (TPSA) is 23.5 Å². The number of aliphatic hydroxyl groups excluding tert-OH is 1. The Bertz CT molecular complexity index is 376. The van der Waals surface area contributed by atoms with Crippen LogP contribution in [0.4, 0.5) is 0 Å². The predicted molar refractivity (Wildman–Crippen MR) is 75.4 cm³/mol. The molecule has 2 rings (SSSR count). The first kappa shape index (κ1) is 13.3. The van der Waals surface area contributed by atoms with Gasteiger partial charge in [0, 0.05) is 18.6 Å². The zero-order valence-corrected chi connectivity index (χ0v) is 11.1. The second kappa shape index (κ2) is 6.17. The molecule has 0 aliphatic carbocycles. The molecule has 0 saturated carbocycles. The third kappa shape index (κ3) is 3.01. The molecule has 1 saturated heterocycles. The molecule has 2 heteroatoms. The van der Waals surface area contributed by atoms with E-state index in [1.807, 2.05) is 6.08 Å². The number of piperidine rings is 1. The van der Waals surface area contributed by atoms with Crippen molar-refractivity contribution < 1.29 is 5.11 Å². The van der Waals surface area contributed by atoms with Gasteiger partial charge in [-0.3, -0.25) is 4.90 Å². The van der Waals surface area contributed by atoms with Gasteiger partial charge in [-0.1, -0.05) is 36.4 Å². The van der Waals surface area contributed by atoms with E-state index in [9.17, 15) is 5.11 Å². The fourth-order valence-electron chi connectivity index (χ4n) is 2.90. The van der Waals surface area contributed by atoms with Gasteiger partial charge in [-0.05, 0) is 31.7 Å². The van der Waals surface area contributed by atoms with Crippen LogP contribution in [0.5, 0.6) is 0 Å². The largest absolute Gasteiger partial charge is 0.393 e. The zero-order valence-electron chi connectivity index (χ0n) is 11.1. The zero-order chi connectivity index (χ0) is 13.0. The Morgan fingerprint density at radius 2 is 2.17 bits per heavy atom. The molecule has 0 aromatic heterocycles. The van der Waals surface area contributed by atoms with Crippen LogP contribution in [-0.2, 0) is 0 Å². The number of rotatable bonds is 4. The molecule has 0 amide bonds. The van der Waals surface area contributed by atoms with E-state index in [1.165, 1.54) is 5.56 Å². The van der Waals surface area contributed by atoms with E-state index >= 15 is 0 Å². The van der Waals surface area contributed by atoms with Gasteiger partial charge in [0.15, 0.2) is 0 Å². The Balaban J connectivity index is 2.12. The Kier molecular flexibility index (Phi) is 4.56. The van der Waals surface area contributed by atoms with Gasteiger partial charge >= 0.3 is 0 Å². The minimum atomic E-state index is -0.144. The molecule has 2 nitrogen and oxygen atoms in total. The highest BCUT2D eigenvalue weighted by Crippen LogP contribution is 2.29. The number of likely N-dealkylation sites (tertiary alicyclic amines) is 1.